The Morgan fingerprint density at radius 2 is 2.22 bits per heavy atom. The molecule has 0 spiro atoms. The van der Waals surface area contributed by atoms with Crippen molar-refractivity contribution in [2.45, 2.75) is 26.7 Å². The average Bonchev–Trinajstić information content (AvgIpc) is 2.47. The normalized spacial score (nSPS) is 33.3. The molecule has 1 aliphatic carbocycles. The number of aliphatic hydroxyl groups is 1. The van der Waals surface area contributed by atoms with Crippen LogP contribution in [0.2, 0.25) is 0 Å². The van der Waals surface area contributed by atoms with Crippen LogP contribution >= 0.6 is 0 Å². The summed E-state index contributed by atoms with van der Waals surface area (Å²) in [4.78, 5) is 0. The van der Waals surface area contributed by atoms with E-state index in [2.05, 4.69) is 13.8 Å². The Morgan fingerprint density at radius 1 is 1.56 bits per heavy atom. The maximum Gasteiger partial charge on any atom is 0.0433 e. The highest BCUT2D eigenvalue weighted by Crippen LogP contribution is 2.45. The lowest BCUT2D eigenvalue weighted by Crippen LogP contribution is -1.94. The molecule has 1 fully saturated rings. The third-order valence-corrected chi connectivity index (χ3v) is 2.33. The minimum absolute atomic E-state index is 0.383. The fourth-order valence-corrected chi connectivity index (χ4v) is 1.59. The summed E-state index contributed by atoms with van der Waals surface area (Å²) in [5.74, 6) is 2.62. The van der Waals surface area contributed by atoms with Crippen LogP contribution in [0.3, 0.4) is 0 Å². The van der Waals surface area contributed by atoms with Crippen molar-refractivity contribution in [3.8, 4) is 0 Å². The van der Waals surface area contributed by atoms with Crippen LogP contribution in [0.25, 0.3) is 0 Å². The van der Waals surface area contributed by atoms with E-state index >= 15 is 0 Å². The van der Waals surface area contributed by atoms with Crippen molar-refractivity contribution in [3.63, 3.8) is 0 Å². The highest BCUT2D eigenvalue weighted by molar-refractivity contribution is 4.87. The molecule has 1 rings (SSSR count). The first-order valence-electron chi connectivity index (χ1n) is 3.86. The Hall–Kier alpha value is -0.0400. The van der Waals surface area contributed by atoms with Crippen molar-refractivity contribution in [2.75, 3.05) is 6.61 Å². The van der Waals surface area contributed by atoms with Crippen molar-refractivity contribution >= 4 is 0 Å². The molecule has 9 heavy (non-hydrogen) atoms. The van der Waals surface area contributed by atoms with E-state index in [-0.39, 0.29) is 0 Å². The van der Waals surface area contributed by atoms with Crippen molar-refractivity contribution in [1.82, 2.24) is 0 Å². The van der Waals surface area contributed by atoms with E-state index in [0.717, 1.165) is 24.2 Å². The van der Waals surface area contributed by atoms with Gasteiger partial charge in [-0.15, -0.1) is 0 Å². The van der Waals surface area contributed by atoms with Gasteiger partial charge in [0.05, 0.1) is 0 Å². The molecule has 0 aromatic heterocycles. The maximum atomic E-state index is 8.58. The lowest BCUT2D eigenvalue weighted by molar-refractivity contribution is 0.274. The average molecular weight is 128 g/mol. The SMILES string of the molecule is CC(C)[C@@H]1C[C@H]1CCO. The van der Waals surface area contributed by atoms with Crippen LogP contribution in [-0.2, 0) is 0 Å². The molecule has 1 aliphatic rings. The van der Waals surface area contributed by atoms with E-state index in [4.69, 9.17) is 5.11 Å². The lowest BCUT2D eigenvalue weighted by atomic mass is 10.1. The molecule has 2 atom stereocenters. The first-order valence-corrected chi connectivity index (χ1v) is 3.86. The first-order chi connectivity index (χ1) is 4.25. The van der Waals surface area contributed by atoms with Gasteiger partial charge in [0.2, 0.25) is 0 Å². The summed E-state index contributed by atoms with van der Waals surface area (Å²) in [7, 11) is 0. The standard InChI is InChI=1S/C8H16O/c1-6(2)8-5-7(8)3-4-9/h6-9H,3-5H2,1-2H3/t7-,8+/m1/s1. The zero-order chi connectivity index (χ0) is 6.85. The molecule has 0 heterocycles. The predicted molar refractivity (Wildman–Crippen MR) is 38.1 cm³/mol. The Labute approximate surface area is 57.1 Å². The van der Waals surface area contributed by atoms with Crippen LogP contribution in [0.5, 0.6) is 0 Å². The predicted octanol–water partition coefficient (Wildman–Crippen LogP) is 1.66. The molecule has 0 aliphatic heterocycles. The van der Waals surface area contributed by atoms with E-state index in [0.29, 0.717) is 6.61 Å². The zero-order valence-corrected chi connectivity index (χ0v) is 6.30. The molecule has 1 heteroatoms. The number of hydrogen-bond acceptors (Lipinski definition) is 1. The Kier molecular flexibility index (Phi) is 2.12. The Bertz CT molecular complexity index is 88.6. The molecule has 0 aromatic rings. The van der Waals surface area contributed by atoms with Crippen LogP contribution in [0.1, 0.15) is 26.7 Å². The molecule has 0 radical (unpaired) electrons. The molecule has 54 valence electrons. The quantitative estimate of drug-likeness (QED) is 0.613. The van der Waals surface area contributed by atoms with Crippen LogP contribution in [0.4, 0.5) is 0 Å². The highest BCUT2D eigenvalue weighted by Gasteiger charge is 2.37. The molecule has 1 N–H and O–H groups in total. The summed E-state index contributed by atoms with van der Waals surface area (Å²) in [6, 6.07) is 0. The summed E-state index contributed by atoms with van der Waals surface area (Å²) >= 11 is 0. The van der Waals surface area contributed by atoms with E-state index in [1.165, 1.54) is 6.42 Å². The van der Waals surface area contributed by atoms with Gasteiger partial charge in [0.25, 0.3) is 0 Å². The topological polar surface area (TPSA) is 20.2 Å². The third-order valence-electron chi connectivity index (χ3n) is 2.33. The van der Waals surface area contributed by atoms with Gasteiger partial charge in [0.15, 0.2) is 0 Å². The molecule has 0 aromatic carbocycles. The monoisotopic (exact) mass is 128 g/mol. The van der Waals surface area contributed by atoms with Crippen molar-refractivity contribution in [1.29, 1.82) is 0 Å². The number of hydrogen-bond donors (Lipinski definition) is 1. The molecule has 0 amide bonds. The summed E-state index contributed by atoms with van der Waals surface area (Å²) in [6.45, 7) is 4.91. The van der Waals surface area contributed by atoms with Gasteiger partial charge in [0, 0.05) is 6.61 Å². The molecular weight excluding hydrogens is 112 g/mol. The zero-order valence-electron chi connectivity index (χ0n) is 6.30. The van der Waals surface area contributed by atoms with Crippen molar-refractivity contribution in [2.24, 2.45) is 17.8 Å². The molecule has 0 saturated heterocycles. The second kappa shape index (κ2) is 2.70. The largest absolute Gasteiger partial charge is 0.396 e. The van der Waals surface area contributed by atoms with Crippen molar-refractivity contribution in [3.05, 3.63) is 0 Å². The van der Waals surface area contributed by atoms with Gasteiger partial charge in [-0.3, -0.25) is 0 Å². The van der Waals surface area contributed by atoms with Gasteiger partial charge in [-0.1, -0.05) is 13.8 Å². The van der Waals surface area contributed by atoms with E-state index < -0.39 is 0 Å². The van der Waals surface area contributed by atoms with Gasteiger partial charge >= 0.3 is 0 Å². The molecule has 1 saturated carbocycles. The minimum atomic E-state index is 0.383. The van der Waals surface area contributed by atoms with Gasteiger partial charge < -0.3 is 5.11 Å². The molecule has 1 nitrogen and oxygen atoms in total. The van der Waals surface area contributed by atoms with Gasteiger partial charge in [-0.05, 0) is 30.6 Å². The second-order valence-corrected chi connectivity index (χ2v) is 3.42. The van der Waals surface area contributed by atoms with Crippen LogP contribution in [0, 0.1) is 17.8 Å². The van der Waals surface area contributed by atoms with E-state index in [9.17, 15) is 0 Å². The number of aliphatic hydroxyl groups excluding tert-OH is 1. The number of rotatable bonds is 3. The summed E-state index contributed by atoms with van der Waals surface area (Å²) in [5.41, 5.74) is 0. The highest BCUT2D eigenvalue weighted by atomic mass is 16.3. The summed E-state index contributed by atoms with van der Waals surface area (Å²) in [6.07, 6.45) is 2.39. The lowest BCUT2D eigenvalue weighted by Gasteiger charge is -2.00. The molecule has 0 unspecified atom stereocenters. The first kappa shape index (κ1) is 7.07. The summed E-state index contributed by atoms with van der Waals surface area (Å²) < 4.78 is 0. The smallest absolute Gasteiger partial charge is 0.0433 e. The molecule has 0 bridgehead atoms. The third kappa shape index (κ3) is 1.68. The Balaban J connectivity index is 2.09. The summed E-state index contributed by atoms with van der Waals surface area (Å²) in [5, 5.41) is 8.58. The molecular formula is C8H16O. The van der Waals surface area contributed by atoms with Crippen LogP contribution < -0.4 is 0 Å². The fraction of sp³-hybridized carbons (Fsp3) is 1.00. The van der Waals surface area contributed by atoms with Crippen molar-refractivity contribution < 1.29 is 5.11 Å². The maximum absolute atomic E-state index is 8.58. The minimum Gasteiger partial charge on any atom is -0.396 e. The van der Waals surface area contributed by atoms with E-state index in [1.54, 1.807) is 0 Å². The van der Waals surface area contributed by atoms with Gasteiger partial charge in [-0.25, -0.2) is 0 Å². The van der Waals surface area contributed by atoms with Gasteiger partial charge in [0.1, 0.15) is 0 Å². The second-order valence-electron chi connectivity index (χ2n) is 3.42. The van der Waals surface area contributed by atoms with E-state index in [1.807, 2.05) is 0 Å². The van der Waals surface area contributed by atoms with Crippen LogP contribution in [-0.4, -0.2) is 11.7 Å². The fourth-order valence-electron chi connectivity index (χ4n) is 1.59. The van der Waals surface area contributed by atoms with Crippen LogP contribution in [0.15, 0.2) is 0 Å². The Morgan fingerprint density at radius 3 is 2.56 bits per heavy atom. The van der Waals surface area contributed by atoms with Gasteiger partial charge in [-0.2, -0.15) is 0 Å².